The van der Waals surface area contributed by atoms with Gasteiger partial charge in [0.15, 0.2) is 5.82 Å². The van der Waals surface area contributed by atoms with Crippen molar-refractivity contribution in [3.05, 3.63) is 18.2 Å². The van der Waals surface area contributed by atoms with E-state index in [2.05, 4.69) is 10.3 Å². The average Bonchev–Trinajstić information content (AvgIpc) is 2.65. The summed E-state index contributed by atoms with van der Waals surface area (Å²) in [6, 6.07) is 0. The summed E-state index contributed by atoms with van der Waals surface area (Å²) in [7, 11) is 1.86. The predicted molar refractivity (Wildman–Crippen MR) is 74.9 cm³/mol. The van der Waals surface area contributed by atoms with E-state index in [-0.39, 0.29) is 47.5 Å². The molecule has 5 N–H and O–H groups in total. The number of carbonyl (C=O) groups is 1. The van der Waals surface area contributed by atoms with Gasteiger partial charge in [-0.2, -0.15) is 0 Å². The lowest BCUT2D eigenvalue weighted by Crippen LogP contribution is -2.35. The average molecular weight is 302 g/mol. The Balaban J connectivity index is -0.000000562. The number of piperidine rings is 1. The van der Waals surface area contributed by atoms with Crippen molar-refractivity contribution in [3.8, 4) is 0 Å². The Labute approximate surface area is 119 Å². The molecule has 0 aliphatic carbocycles. The lowest BCUT2D eigenvalue weighted by molar-refractivity contribution is 0.0885. The Bertz CT molecular complexity index is 341. The lowest BCUT2D eigenvalue weighted by atomic mass is 9.95. The van der Waals surface area contributed by atoms with E-state index >= 15 is 0 Å². The summed E-state index contributed by atoms with van der Waals surface area (Å²) in [5.41, 5.74) is 0. The monoisotopic (exact) mass is 301 g/mol. The molecule has 0 radical (unpaired) electrons. The topological polar surface area (TPSA) is 110 Å². The molecule has 0 saturated carbocycles. The quantitative estimate of drug-likeness (QED) is 0.763. The predicted octanol–water partition coefficient (Wildman–Crippen LogP) is -0.203. The molecule has 108 valence electrons. The number of imidazole rings is 1. The molecule has 0 bridgehead atoms. The molecule has 0 spiro atoms. The van der Waals surface area contributed by atoms with Crippen LogP contribution in [0.2, 0.25) is 0 Å². The lowest BCUT2D eigenvalue weighted by Gasteiger charge is -2.20. The first-order valence-electron chi connectivity index (χ1n) is 5.01. The van der Waals surface area contributed by atoms with Gasteiger partial charge in [-0.15, -0.1) is 24.8 Å². The minimum atomic E-state index is 0. The van der Waals surface area contributed by atoms with Crippen molar-refractivity contribution in [1.29, 1.82) is 0 Å². The molecule has 1 saturated heterocycles. The number of ketones is 1. The third-order valence-electron chi connectivity index (χ3n) is 2.71. The van der Waals surface area contributed by atoms with Gasteiger partial charge >= 0.3 is 0 Å². The summed E-state index contributed by atoms with van der Waals surface area (Å²) < 4.78 is 1.79. The van der Waals surface area contributed by atoms with Crippen LogP contribution in [0.3, 0.4) is 0 Å². The van der Waals surface area contributed by atoms with E-state index in [9.17, 15) is 4.79 Å². The SMILES string of the molecule is Cl.Cl.Cn1ccnc1C(=O)C1CCCNC1.O.O. The van der Waals surface area contributed by atoms with Crippen molar-refractivity contribution in [2.45, 2.75) is 12.8 Å². The molecule has 0 amide bonds. The Morgan fingerprint density at radius 1 is 1.44 bits per heavy atom. The fourth-order valence-electron chi connectivity index (χ4n) is 1.86. The smallest absolute Gasteiger partial charge is 0.202 e. The van der Waals surface area contributed by atoms with Gasteiger partial charge in [0, 0.05) is 31.9 Å². The summed E-state index contributed by atoms with van der Waals surface area (Å²) in [6.45, 7) is 1.83. The Morgan fingerprint density at radius 3 is 2.56 bits per heavy atom. The number of carbonyl (C=O) groups excluding carboxylic acids is 1. The number of nitrogens with zero attached hydrogens (tertiary/aromatic N) is 2. The Morgan fingerprint density at radius 2 is 2.11 bits per heavy atom. The van der Waals surface area contributed by atoms with Crippen LogP contribution in [0.15, 0.2) is 12.4 Å². The van der Waals surface area contributed by atoms with E-state index in [1.807, 2.05) is 13.2 Å². The van der Waals surface area contributed by atoms with Crippen LogP contribution < -0.4 is 5.32 Å². The minimum absolute atomic E-state index is 0. The summed E-state index contributed by atoms with van der Waals surface area (Å²) in [5, 5.41) is 3.24. The van der Waals surface area contributed by atoms with Crippen LogP contribution in [0.25, 0.3) is 0 Å². The van der Waals surface area contributed by atoms with Crippen molar-refractivity contribution in [1.82, 2.24) is 14.9 Å². The molecule has 1 unspecified atom stereocenters. The van der Waals surface area contributed by atoms with Gasteiger partial charge in [0.1, 0.15) is 0 Å². The zero-order chi connectivity index (χ0) is 9.97. The van der Waals surface area contributed by atoms with E-state index < -0.39 is 0 Å². The first-order chi connectivity index (χ1) is 6.79. The summed E-state index contributed by atoms with van der Waals surface area (Å²) in [5.74, 6) is 0.869. The minimum Gasteiger partial charge on any atom is -0.412 e. The Hall–Kier alpha value is -0.660. The third kappa shape index (κ3) is 4.91. The Kier molecular flexibility index (Phi) is 12.9. The number of rotatable bonds is 2. The molecular formula is C10H21Cl2N3O3. The van der Waals surface area contributed by atoms with Crippen LogP contribution in [-0.4, -0.2) is 39.4 Å². The summed E-state index contributed by atoms with van der Waals surface area (Å²) in [4.78, 5) is 16.0. The van der Waals surface area contributed by atoms with Crippen molar-refractivity contribution in [3.63, 3.8) is 0 Å². The van der Waals surface area contributed by atoms with E-state index in [0.29, 0.717) is 5.82 Å². The fourth-order valence-corrected chi connectivity index (χ4v) is 1.86. The molecule has 1 aromatic heterocycles. The highest BCUT2D eigenvalue weighted by molar-refractivity contribution is 5.94. The molecule has 8 heteroatoms. The maximum absolute atomic E-state index is 12.0. The number of aryl methyl sites for hydroxylation is 1. The number of hydrogen-bond acceptors (Lipinski definition) is 3. The van der Waals surface area contributed by atoms with Crippen LogP contribution >= 0.6 is 24.8 Å². The van der Waals surface area contributed by atoms with Crippen molar-refractivity contribution in [2.24, 2.45) is 13.0 Å². The van der Waals surface area contributed by atoms with Crippen molar-refractivity contribution < 1.29 is 15.7 Å². The molecule has 0 aromatic carbocycles. The van der Waals surface area contributed by atoms with Crippen LogP contribution in [-0.2, 0) is 7.05 Å². The zero-order valence-corrected chi connectivity index (χ0v) is 11.8. The molecule has 1 atom stereocenters. The molecule has 1 aromatic rings. The third-order valence-corrected chi connectivity index (χ3v) is 2.71. The van der Waals surface area contributed by atoms with Crippen molar-refractivity contribution in [2.75, 3.05) is 13.1 Å². The van der Waals surface area contributed by atoms with Crippen LogP contribution in [0.5, 0.6) is 0 Å². The van der Waals surface area contributed by atoms with Crippen LogP contribution in [0.1, 0.15) is 23.5 Å². The molecule has 2 heterocycles. The van der Waals surface area contributed by atoms with Gasteiger partial charge < -0.3 is 20.8 Å². The second-order valence-electron chi connectivity index (χ2n) is 3.77. The molecule has 1 aliphatic rings. The van der Waals surface area contributed by atoms with Crippen LogP contribution in [0, 0.1) is 5.92 Å². The van der Waals surface area contributed by atoms with Gasteiger partial charge in [-0.25, -0.2) is 4.98 Å². The highest BCUT2D eigenvalue weighted by atomic mass is 35.5. The summed E-state index contributed by atoms with van der Waals surface area (Å²) in [6.07, 6.45) is 5.55. The molecular weight excluding hydrogens is 281 g/mol. The zero-order valence-electron chi connectivity index (χ0n) is 10.2. The van der Waals surface area contributed by atoms with Gasteiger partial charge in [0.25, 0.3) is 0 Å². The molecule has 1 fully saturated rings. The van der Waals surface area contributed by atoms with E-state index in [4.69, 9.17) is 0 Å². The number of Topliss-reactive ketones (excluding diaryl/α,β-unsaturated/α-hetero) is 1. The fraction of sp³-hybridized carbons (Fsp3) is 0.600. The molecule has 1 aliphatic heterocycles. The number of halogens is 2. The van der Waals surface area contributed by atoms with Gasteiger partial charge in [-0.1, -0.05) is 0 Å². The standard InChI is InChI=1S/C10H15N3O.2ClH.2H2O/c1-13-6-5-12-10(13)9(14)8-3-2-4-11-7-8;;;;/h5-6,8,11H,2-4,7H2,1H3;2*1H;2*1H2. The summed E-state index contributed by atoms with van der Waals surface area (Å²) >= 11 is 0. The molecule has 18 heavy (non-hydrogen) atoms. The highest BCUT2D eigenvalue weighted by Crippen LogP contribution is 2.14. The van der Waals surface area contributed by atoms with E-state index in [1.54, 1.807) is 10.8 Å². The van der Waals surface area contributed by atoms with Crippen LogP contribution in [0.4, 0.5) is 0 Å². The van der Waals surface area contributed by atoms with Gasteiger partial charge in [-0.3, -0.25) is 4.79 Å². The van der Waals surface area contributed by atoms with Gasteiger partial charge in [0.2, 0.25) is 5.78 Å². The highest BCUT2D eigenvalue weighted by Gasteiger charge is 2.24. The second kappa shape index (κ2) is 10.3. The molecule has 6 nitrogen and oxygen atoms in total. The van der Waals surface area contributed by atoms with Gasteiger partial charge in [0.05, 0.1) is 0 Å². The second-order valence-corrected chi connectivity index (χ2v) is 3.77. The number of hydrogen-bond donors (Lipinski definition) is 1. The first kappa shape index (κ1) is 22.5. The maximum atomic E-state index is 12.0. The van der Waals surface area contributed by atoms with Gasteiger partial charge in [-0.05, 0) is 19.4 Å². The largest absolute Gasteiger partial charge is 0.412 e. The van der Waals surface area contributed by atoms with E-state index in [0.717, 1.165) is 25.9 Å². The van der Waals surface area contributed by atoms with Crippen molar-refractivity contribution >= 4 is 30.6 Å². The molecule has 2 rings (SSSR count). The first-order valence-corrected chi connectivity index (χ1v) is 5.01. The van der Waals surface area contributed by atoms with E-state index in [1.165, 1.54) is 0 Å². The number of nitrogens with one attached hydrogen (secondary N) is 1. The maximum Gasteiger partial charge on any atom is 0.202 e. The number of aromatic nitrogens is 2. The normalized spacial score (nSPS) is 17.3.